The average molecular weight is 1110 g/mol. The van der Waals surface area contributed by atoms with Crippen molar-refractivity contribution in [1.29, 1.82) is 0 Å². The number of hydrogen-bond donors (Lipinski definition) is 1. The molecular weight excluding hydrogens is 1050 g/mol. The second-order valence-corrected chi connectivity index (χ2v) is 22.5. The SMILES string of the molecule is c1ccc(-c2ccc(C3N=C(c4cc(-c5ccccc5)cc(-c5ccccc5)c4)N=C(c4cc(-c5ccccc5)c(N(c5ccccc5)c5ccc6c(c5)Cc5c-6ccc6c5c5ccccc5n6-c5ccccc5)c(-c5ccccc5)c4)N3)cc2)cc1. The molecule has 1 unspecified atom stereocenters. The number of anilines is 3. The zero-order valence-electron chi connectivity index (χ0n) is 47.7. The molecule has 2 aliphatic rings. The molecule has 13 aromatic carbocycles. The van der Waals surface area contributed by atoms with E-state index in [9.17, 15) is 0 Å². The van der Waals surface area contributed by atoms with E-state index in [-0.39, 0.29) is 0 Å². The van der Waals surface area contributed by atoms with Crippen LogP contribution in [0.2, 0.25) is 0 Å². The minimum atomic E-state index is -0.467. The van der Waals surface area contributed by atoms with E-state index in [4.69, 9.17) is 9.98 Å². The first-order valence-corrected chi connectivity index (χ1v) is 29.9. The molecule has 5 heteroatoms. The van der Waals surface area contributed by atoms with Gasteiger partial charge in [-0.25, -0.2) is 9.98 Å². The third-order valence-corrected chi connectivity index (χ3v) is 17.2. The Morgan fingerprint density at radius 2 is 0.851 bits per heavy atom. The number of benzene rings is 13. The first-order chi connectivity index (χ1) is 43.1. The number of hydrogen-bond acceptors (Lipinski definition) is 4. The highest BCUT2D eigenvalue weighted by atomic mass is 15.2. The molecule has 5 nitrogen and oxygen atoms in total. The maximum Gasteiger partial charge on any atom is 0.159 e. The van der Waals surface area contributed by atoms with E-state index in [1.807, 2.05) is 0 Å². The maximum atomic E-state index is 5.65. The molecule has 0 amide bonds. The van der Waals surface area contributed by atoms with Gasteiger partial charge in [0, 0.05) is 50.1 Å². The highest BCUT2D eigenvalue weighted by Gasteiger charge is 2.30. The molecule has 0 radical (unpaired) electrons. The number of rotatable bonds is 12. The fourth-order valence-electron chi connectivity index (χ4n) is 13.1. The molecule has 0 spiro atoms. The van der Waals surface area contributed by atoms with Crippen LogP contribution in [0.4, 0.5) is 17.1 Å². The van der Waals surface area contributed by atoms with E-state index in [0.717, 1.165) is 102 Å². The first kappa shape index (κ1) is 51.3. The Kier molecular flexibility index (Phi) is 12.9. The summed E-state index contributed by atoms with van der Waals surface area (Å²) in [6, 6.07) is 116. The van der Waals surface area contributed by atoms with Crippen LogP contribution in [0.3, 0.4) is 0 Å². The largest absolute Gasteiger partial charge is 0.344 e. The summed E-state index contributed by atoms with van der Waals surface area (Å²) in [6.07, 6.45) is 0.342. The lowest BCUT2D eigenvalue weighted by molar-refractivity contribution is 0.674. The van der Waals surface area contributed by atoms with Crippen molar-refractivity contribution in [2.45, 2.75) is 12.6 Å². The predicted molar refractivity (Wildman–Crippen MR) is 363 cm³/mol. The van der Waals surface area contributed by atoms with Crippen LogP contribution in [-0.4, -0.2) is 16.2 Å². The lowest BCUT2D eigenvalue weighted by atomic mass is 9.91. The molecule has 2 heterocycles. The van der Waals surface area contributed by atoms with Crippen molar-refractivity contribution in [1.82, 2.24) is 9.88 Å². The topological polar surface area (TPSA) is 44.9 Å². The van der Waals surface area contributed by atoms with E-state index in [0.29, 0.717) is 5.84 Å². The van der Waals surface area contributed by atoms with Crippen molar-refractivity contribution in [2.24, 2.45) is 9.98 Å². The van der Waals surface area contributed by atoms with Gasteiger partial charge < -0.3 is 14.8 Å². The van der Waals surface area contributed by atoms with Crippen LogP contribution in [0.1, 0.15) is 34.0 Å². The number of para-hydroxylation sites is 3. The Balaban J connectivity index is 0.887. The Labute approximate surface area is 506 Å². The summed E-state index contributed by atoms with van der Waals surface area (Å²) < 4.78 is 2.42. The van der Waals surface area contributed by atoms with Gasteiger partial charge in [0.1, 0.15) is 12.0 Å². The summed E-state index contributed by atoms with van der Waals surface area (Å²) in [5.41, 5.74) is 26.0. The maximum absolute atomic E-state index is 5.65. The standard InChI is InChI=1S/C82H57N5/c1-8-24-55(25-9-1)58-40-42-61(43-41-58)80-83-81(65-49-62(56-26-10-2-11-27-56)48-63(50-65)57-28-12-3-13-29-57)85-82(84-80)66-53-73(59-30-14-4-15-31-59)79(74(54-66)60-32-16-5-17-33-60)86(67-34-18-6-19-35-67)69-44-45-70-64(51-69)52-75-71(70)46-47-77-78(75)72-38-22-23-39-76(72)87(77)68-36-20-7-21-37-68/h1-51,53-54,80H,52H2,(H,83,84,85). The van der Waals surface area contributed by atoms with Crippen LogP contribution >= 0.6 is 0 Å². The number of nitrogens with one attached hydrogen (secondary N) is 1. The van der Waals surface area contributed by atoms with Gasteiger partial charge in [-0.1, -0.05) is 243 Å². The highest BCUT2D eigenvalue weighted by Crippen LogP contribution is 2.51. The first-order valence-electron chi connectivity index (χ1n) is 29.9. The zero-order valence-corrected chi connectivity index (χ0v) is 47.7. The lowest BCUT2D eigenvalue weighted by Gasteiger charge is -2.32. The fraction of sp³-hybridized carbons (Fsp3) is 0.0244. The minimum Gasteiger partial charge on any atom is -0.344 e. The van der Waals surface area contributed by atoms with Crippen LogP contribution in [0.5, 0.6) is 0 Å². The van der Waals surface area contributed by atoms with Crippen molar-refractivity contribution in [3.63, 3.8) is 0 Å². The molecule has 1 N–H and O–H groups in total. The van der Waals surface area contributed by atoms with Crippen molar-refractivity contribution in [3.05, 3.63) is 349 Å². The molecule has 1 aliphatic heterocycles. The van der Waals surface area contributed by atoms with E-state index in [2.05, 4.69) is 336 Å². The van der Waals surface area contributed by atoms with Gasteiger partial charge in [-0.2, -0.15) is 0 Å². The molecular formula is C82H57N5. The number of amidine groups is 2. The second kappa shape index (κ2) is 22.0. The smallest absolute Gasteiger partial charge is 0.159 e. The normalized spacial score (nSPS) is 13.4. The van der Waals surface area contributed by atoms with Gasteiger partial charge in [-0.05, 0) is 158 Å². The molecule has 0 fully saturated rings. The predicted octanol–water partition coefficient (Wildman–Crippen LogP) is 20.7. The van der Waals surface area contributed by atoms with Crippen LogP contribution in [0, 0.1) is 0 Å². The van der Waals surface area contributed by atoms with E-state index in [1.54, 1.807) is 0 Å². The molecule has 0 bridgehead atoms. The van der Waals surface area contributed by atoms with Crippen molar-refractivity contribution in [2.75, 3.05) is 4.90 Å². The Bertz CT molecular complexity index is 4810. The summed E-state index contributed by atoms with van der Waals surface area (Å²) >= 11 is 0. The Morgan fingerprint density at radius 3 is 1.45 bits per heavy atom. The molecule has 1 atom stereocenters. The summed E-state index contributed by atoms with van der Waals surface area (Å²) in [5.74, 6) is 1.38. The number of fused-ring (bicyclic) bond motifs is 7. The number of aliphatic imine (C=N–C) groups is 2. The van der Waals surface area contributed by atoms with Crippen LogP contribution in [0.25, 0.3) is 94.3 Å². The summed E-state index contributed by atoms with van der Waals surface area (Å²) in [7, 11) is 0. The average Bonchev–Trinajstić information content (AvgIpc) is 2.27. The Hall–Kier alpha value is -11.4. The molecule has 87 heavy (non-hydrogen) atoms. The van der Waals surface area contributed by atoms with E-state index >= 15 is 0 Å². The van der Waals surface area contributed by atoms with Gasteiger partial charge in [0.15, 0.2) is 5.84 Å². The minimum absolute atomic E-state index is 0.467. The highest BCUT2D eigenvalue weighted by molar-refractivity contribution is 6.16. The quantitative estimate of drug-likeness (QED) is 0.132. The van der Waals surface area contributed by atoms with E-state index in [1.165, 1.54) is 49.6 Å². The monoisotopic (exact) mass is 1110 g/mol. The van der Waals surface area contributed by atoms with Crippen LogP contribution in [-0.2, 0) is 6.42 Å². The third kappa shape index (κ3) is 9.49. The van der Waals surface area contributed by atoms with Gasteiger partial charge in [-0.3, -0.25) is 0 Å². The Morgan fingerprint density at radius 1 is 0.356 bits per heavy atom. The molecule has 14 aromatic rings. The van der Waals surface area contributed by atoms with Crippen molar-refractivity contribution < 1.29 is 0 Å². The second-order valence-electron chi connectivity index (χ2n) is 22.5. The summed E-state index contributed by atoms with van der Waals surface area (Å²) in [6.45, 7) is 0. The number of nitrogens with zero attached hydrogens (tertiary/aromatic N) is 4. The van der Waals surface area contributed by atoms with Gasteiger partial charge in [0.2, 0.25) is 0 Å². The van der Waals surface area contributed by atoms with Crippen LogP contribution in [0.15, 0.2) is 332 Å². The fourth-order valence-corrected chi connectivity index (χ4v) is 13.1. The van der Waals surface area contributed by atoms with Crippen molar-refractivity contribution in [3.8, 4) is 72.4 Å². The third-order valence-electron chi connectivity index (χ3n) is 17.2. The molecule has 1 aromatic heterocycles. The van der Waals surface area contributed by atoms with Crippen molar-refractivity contribution >= 4 is 50.5 Å². The molecule has 1 aliphatic carbocycles. The lowest BCUT2D eigenvalue weighted by Crippen LogP contribution is -2.33. The molecule has 410 valence electrons. The zero-order chi connectivity index (χ0) is 57.6. The van der Waals surface area contributed by atoms with Gasteiger partial charge in [0.05, 0.1) is 16.7 Å². The molecule has 0 saturated carbocycles. The van der Waals surface area contributed by atoms with Gasteiger partial charge >= 0.3 is 0 Å². The van der Waals surface area contributed by atoms with Gasteiger partial charge in [0.25, 0.3) is 0 Å². The summed E-state index contributed by atoms with van der Waals surface area (Å²) in [4.78, 5) is 13.7. The molecule has 0 saturated heterocycles. The number of aromatic nitrogens is 1. The molecule has 16 rings (SSSR count). The summed E-state index contributed by atoms with van der Waals surface area (Å²) in [5, 5.41) is 6.51. The van der Waals surface area contributed by atoms with Crippen LogP contribution < -0.4 is 10.2 Å². The van der Waals surface area contributed by atoms with Gasteiger partial charge in [-0.15, -0.1) is 0 Å². The van der Waals surface area contributed by atoms with E-state index < -0.39 is 6.17 Å².